The summed E-state index contributed by atoms with van der Waals surface area (Å²) < 4.78 is 12.7. The van der Waals surface area contributed by atoms with Gasteiger partial charge in [-0.2, -0.15) is 0 Å². The highest BCUT2D eigenvalue weighted by Gasteiger charge is 2.78. The third-order valence-electron chi connectivity index (χ3n) is 11.2. The number of hydrogen-bond acceptors (Lipinski definition) is 6. The minimum atomic E-state index is -1.13. The van der Waals surface area contributed by atoms with Crippen molar-refractivity contribution in [2.75, 3.05) is 0 Å². The number of aliphatic carboxylic acids is 2. The van der Waals surface area contributed by atoms with Crippen molar-refractivity contribution < 1.29 is 38.9 Å². The summed E-state index contributed by atoms with van der Waals surface area (Å²) >= 11 is 0. The lowest BCUT2D eigenvalue weighted by Crippen LogP contribution is -2.38. The van der Waals surface area contributed by atoms with Crippen LogP contribution in [0.1, 0.15) is 25.0 Å². The molecule has 0 aromatic heterocycles. The molecule has 2 aliphatic heterocycles. The van der Waals surface area contributed by atoms with Crippen LogP contribution in [0.15, 0.2) is 60.7 Å². The third-order valence-corrected chi connectivity index (χ3v) is 11.2. The summed E-state index contributed by atoms with van der Waals surface area (Å²) in [5.74, 6) is -9.74. The Kier molecular flexibility index (Phi) is 5.35. The molecule has 2 fully saturated rings. The molecule has 9 rings (SSSR count). The summed E-state index contributed by atoms with van der Waals surface area (Å²) in [6.07, 6.45) is 8.77. The lowest BCUT2D eigenvalue weighted by atomic mass is 9.65. The second kappa shape index (κ2) is 8.78. The van der Waals surface area contributed by atoms with E-state index >= 15 is 0 Å². The topological polar surface area (TPSA) is 127 Å². The van der Waals surface area contributed by atoms with Crippen LogP contribution in [0.5, 0.6) is 11.5 Å². The standard InChI is InChI=1S/C35H30O8/c1-3-15-5-7-17-19(13-15)29-18-8-6-16(4-2)14-20(18)30(17)43-34(41)28-24-12-10-22(26(28)32(38)39)35(24)21-9-11-23(35)27(33(40)42-29)25(21)31(36)37/h5-14,21-28H,3-4H2,1-2H3,(H,36,37)(H,38,39). The average Bonchev–Trinajstić information content (AvgIpc) is 3.73. The van der Waals surface area contributed by atoms with Gasteiger partial charge in [0.1, 0.15) is 11.5 Å². The van der Waals surface area contributed by atoms with Crippen LogP contribution < -0.4 is 9.47 Å². The SMILES string of the molecule is CCc1ccc2c3c4cc(CC)ccc4c(c2c1)OC(=O)C1C(C(=O)O)C2C=CC1C21C2C=CC1C(C(=O)O3)C2C(=O)O. The molecular weight excluding hydrogens is 548 g/mol. The number of carboxylic acids is 2. The average molecular weight is 579 g/mol. The maximum atomic E-state index is 14.4. The van der Waals surface area contributed by atoms with Crippen molar-refractivity contribution in [3.63, 3.8) is 0 Å². The van der Waals surface area contributed by atoms with Crippen LogP contribution in [-0.2, 0) is 32.0 Å². The molecule has 8 unspecified atom stereocenters. The molecule has 6 aliphatic rings. The molecule has 218 valence electrons. The van der Waals surface area contributed by atoms with Gasteiger partial charge in [0.25, 0.3) is 0 Å². The Morgan fingerprint density at radius 3 is 1.42 bits per heavy atom. The summed E-state index contributed by atoms with van der Waals surface area (Å²) in [5, 5.41) is 23.3. The molecule has 2 saturated carbocycles. The summed E-state index contributed by atoms with van der Waals surface area (Å²) in [4.78, 5) is 54.5. The van der Waals surface area contributed by atoms with Gasteiger partial charge < -0.3 is 19.7 Å². The first-order chi connectivity index (χ1) is 20.7. The van der Waals surface area contributed by atoms with E-state index in [0.29, 0.717) is 45.9 Å². The Balaban J connectivity index is 1.46. The first kappa shape index (κ1) is 26.2. The van der Waals surface area contributed by atoms with Crippen molar-refractivity contribution in [3.8, 4) is 11.5 Å². The number of allylic oxidation sites excluding steroid dienone is 4. The van der Waals surface area contributed by atoms with Gasteiger partial charge in [0.05, 0.1) is 23.7 Å². The molecule has 2 heterocycles. The highest BCUT2D eigenvalue weighted by Crippen LogP contribution is 2.76. The number of esters is 2. The van der Waals surface area contributed by atoms with Crippen LogP contribution in [0.3, 0.4) is 0 Å². The van der Waals surface area contributed by atoms with Crippen LogP contribution in [0.25, 0.3) is 21.5 Å². The molecule has 0 saturated heterocycles. The number of carbonyl (C=O) groups is 4. The van der Waals surface area contributed by atoms with Crippen molar-refractivity contribution in [3.05, 3.63) is 71.8 Å². The minimum absolute atomic E-state index is 0.312. The smallest absolute Gasteiger partial charge is 0.315 e. The number of rotatable bonds is 4. The number of hydrogen-bond donors (Lipinski definition) is 2. The number of fused-ring (bicyclic) bond motifs is 2. The summed E-state index contributed by atoms with van der Waals surface area (Å²) in [5.41, 5.74) is 1.02. The van der Waals surface area contributed by atoms with E-state index in [-0.39, 0.29) is 0 Å². The van der Waals surface area contributed by atoms with Gasteiger partial charge in [-0.05, 0) is 65.2 Å². The molecule has 3 aromatic rings. The van der Waals surface area contributed by atoms with E-state index in [1.807, 2.05) is 74.5 Å². The van der Waals surface area contributed by atoms with Gasteiger partial charge in [-0.25, -0.2) is 0 Å². The normalized spacial score (nSPS) is 34.7. The van der Waals surface area contributed by atoms with Crippen molar-refractivity contribution in [1.29, 1.82) is 0 Å². The van der Waals surface area contributed by atoms with Crippen molar-refractivity contribution in [2.45, 2.75) is 26.7 Å². The van der Waals surface area contributed by atoms with E-state index in [9.17, 15) is 29.4 Å². The molecule has 3 aromatic carbocycles. The zero-order chi connectivity index (χ0) is 29.9. The quantitative estimate of drug-likeness (QED) is 0.187. The summed E-state index contributed by atoms with van der Waals surface area (Å²) in [6.45, 7) is 4.02. The lowest BCUT2D eigenvalue weighted by Gasteiger charge is -2.37. The van der Waals surface area contributed by atoms with Crippen molar-refractivity contribution >= 4 is 45.4 Å². The Labute approximate surface area is 247 Å². The number of carbonyl (C=O) groups excluding carboxylic acids is 2. The zero-order valence-corrected chi connectivity index (χ0v) is 23.7. The predicted octanol–water partition coefficient (Wildman–Crippen LogP) is 5.19. The molecular formula is C35H30O8. The number of benzene rings is 3. The second-order valence-corrected chi connectivity index (χ2v) is 12.6. The minimum Gasteiger partial charge on any atom is -0.481 e. The van der Waals surface area contributed by atoms with Crippen LogP contribution in [0, 0.1) is 52.8 Å². The van der Waals surface area contributed by atoms with E-state index in [1.54, 1.807) is 0 Å². The highest BCUT2D eigenvalue weighted by molar-refractivity contribution is 6.13. The Bertz CT molecular complexity index is 1730. The second-order valence-electron chi connectivity index (χ2n) is 12.6. The van der Waals surface area contributed by atoms with Crippen LogP contribution in [0.2, 0.25) is 0 Å². The fraction of sp³-hybridized carbons (Fsp3) is 0.371. The van der Waals surface area contributed by atoms with E-state index in [1.165, 1.54) is 0 Å². The largest absolute Gasteiger partial charge is 0.481 e. The molecule has 8 heteroatoms. The van der Waals surface area contributed by atoms with Gasteiger partial charge in [-0.15, -0.1) is 0 Å². The maximum absolute atomic E-state index is 14.4. The molecule has 9 bridgehead atoms. The third kappa shape index (κ3) is 3.11. The Morgan fingerprint density at radius 2 is 1.05 bits per heavy atom. The molecule has 1 spiro atoms. The van der Waals surface area contributed by atoms with Gasteiger partial charge in [0, 0.05) is 21.5 Å². The number of aryl methyl sites for hydroxylation is 2. The van der Waals surface area contributed by atoms with Crippen LogP contribution in [0.4, 0.5) is 0 Å². The van der Waals surface area contributed by atoms with Gasteiger partial charge in [-0.1, -0.05) is 62.4 Å². The highest BCUT2D eigenvalue weighted by atomic mass is 16.5. The lowest BCUT2D eigenvalue weighted by molar-refractivity contribution is -0.152. The first-order valence-corrected chi connectivity index (χ1v) is 15.0. The fourth-order valence-corrected chi connectivity index (χ4v) is 9.54. The molecule has 2 N–H and O–H groups in total. The van der Waals surface area contributed by atoms with Crippen molar-refractivity contribution in [1.82, 2.24) is 0 Å². The van der Waals surface area contributed by atoms with E-state index < -0.39 is 76.6 Å². The number of ether oxygens (including phenoxy) is 2. The Hall–Kier alpha value is -4.46. The van der Waals surface area contributed by atoms with Gasteiger partial charge in [0.15, 0.2) is 0 Å². The first-order valence-electron chi connectivity index (χ1n) is 15.0. The zero-order valence-electron chi connectivity index (χ0n) is 23.7. The van der Waals surface area contributed by atoms with Gasteiger partial charge in [-0.3, -0.25) is 19.2 Å². The van der Waals surface area contributed by atoms with E-state index in [2.05, 4.69) is 0 Å². The monoisotopic (exact) mass is 578 g/mol. The van der Waals surface area contributed by atoms with Gasteiger partial charge >= 0.3 is 23.9 Å². The summed E-state index contributed by atoms with van der Waals surface area (Å²) in [7, 11) is 0. The molecule has 8 nitrogen and oxygen atoms in total. The predicted molar refractivity (Wildman–Crippen MR) is 155 cm³/mol. The maximum Gasteiger partial charge on any atom is 0.315 e. The molecule has 8 atom stereocenters. The van der Waals surface area contributed by atoms with E-state index in [4.69, 9.17) is 9.47 Å². The van der Waals surface area contributed by atoms with Crippen LogP contribution >= 0.6 is 0 Å². The van der Waals surface area contributed by atoms with Crippen molar-refractivity contribution in [2.24, 2.45) is 52.8 Å². The van der Waals surface area contributed by atoms with Crippen LogP contribution in [-0.4, -0.2) is 34.1 Å². The molecule has 0 radical (unpaired) electrons. The summed E-state index contributed by atoms with van der Waals surface area (Å²) in [6, 6.07) is 11.4. The Morgan fingerprint density at radius 1 is 0.651 bits per heavy atom. The molecule has 4 aliphatic carbocycles. The van der Waals surface area contributed by atoms with Gasteiger partial charge in [0.2, 0.25) is 0 Å². The molecule has 0 amide bonds. The number of carboxylic acid groups (broad SMARTS) is 2. The molecule has 43 heavy (non-hydrogen) atoms. The fourth-order valence-electron chi connectivity index (χ4n) is 9.54. The van der Waals surface area contributed by atoms with E-state index in [0.717, 1.165) is 11.1 Å².